The number of alkyl halides is 4. The zero-order valence-corrected chi connectivity index (χ0v) is 13.4. The molecule has 8 heteroatoms. The smallest absolute Gasteiger partial charge is 0.446 e. The van der Waals surface area contributed by atoms with E-state index in [-0.39, 0.29) is 40.8 Å². The van der Waals surface area contributed by atoms with Crippen LogP contribution in [0.15, 0.2) is 17.0 Å². The Bertz CT molecular complexity index is 570. The van der Waals surface area contributed by atoms with Crippen molar-refractivity contribution in [3.8, 4) is 6.07 Å². The van der Waals surface area contributed by atoms with Crippen molar-refractivity contribution in [2.45, 2.75) is 29.1 Å². The summed E-state index contributed by atoms with van der Waals surface area (Å²) in [6.45, 7) is 1.77. The van der Waals surface area contributed by atoms with Crippen molar-refractivity contribution in [3.63, 3.8) is 0 Å². The van der Waals surface area contributed by atoms with Crippen LogP contribution in [0.3, 0.4) is 0 Å². The number of hydrogen-bond donors (Lipinski definition) is 0. The average molecular weight is 382 g/mol. The van der Waals surface area contributed by atoms with Crippen molar-refractivity contribution in [1.82, 2.24) is 0 Å². The summed E-state index contributed by atoms with van der Waals surface area (Å²) < 4.78 is 42.5. The molecule has 0 radical (unpaired) electrons. The minimum absolute atomic E-state index is 0.145. The van der Waals surface area contributed by atoms with Crippen molar-refractivity contribution in [1.29, 1.82) is 5.26 Å². The standard InChI is InChI=1S/C13H11BrF3NO2S/c1-2-20-12(19)5-8-3-9(6-14)10(7-18)4-11(8)21-13(15,16)17/h3-4H,2,5-6H2,1H3. The number of nitriles is 1. The Hall–Kier alpha value is -1.20. The molecule has 1 rings (SSSR count). The van der Waals surface area contributed by atoms with Crippen LogP contribution in [-0.4, -0.2) is 18.1 Å². The van der Waals surface area contributed by atoms with Crippen LogP contribution in [0.1, 0.15) is 23.6 Å². The number of hydrogen-bond acceptors (Lipinski definition) is 4. The van der Waals surface area contributed by atoms with Crippen LogP contribution in [0, 0.1) is 11.3 Å². The number of carbonyl (C=O) groups excluding carboxylic acids is 1. The molecule has 3 nitrogen and oxygen atoms in total. The molecule has 0 aliphatic carbocycles. The maximum atomic E-state index is 12.6. The highest BCUT2D eigenvalue weighted by Gasteiger charge is 2.31. The van der Waals surface area contributed by atoms with Gasteiger partial charge in [-0.2, -0.15) is 18.4 Å². The number of halogens is 4. The summed E-state index contributed by atoms with van der Waals surface area (Å²) in [4.78, 5) is 11.3. The maximum absolute atomic E-state index is 12.6. The summed E-state index contributed by atoms with van der Waals surface area (Å²) in [6.07, 6.45) is -0.266. The van der Waals surface area contributed by atoms with Gasteiger partial charge in [0.25, 0.3) is 0 Å². The average Bonchev–Trinajstić information content (AvgIpc) is 2.38. The van der Waals surface area contributed by atoms with Gasteiger partial charge >= 0.3 is 11.5 Å². The number of nitrogens with zero attached hydrogens (tertiary/aromatic N) is 1. The maximum Gasteiger partial charge on any atom is 0.446 e. The quantitative estimate of drug-likeness (QED) is 0.436. The zero-order valence-electron chi connectivity index (χ0n) is 11.0. The molecule has 0 aromatic heterocycles. The van der Waals surface area contributed by atoms with Crippen molar-refractivity contribution in [2.24, 2.45) is 0 Å². The first kappa shape index (κ1) is 17.9. The number of esters is 1. The molecule has 1 aromatic rings. The third kappa shape index (κ3) is 5.59. The normalized spacial score (nSPS) is 11.0. The Morgan fingerprint density at radius 2 is 2.10 bits per heavy atom. The van der Waals surface area contributed by atoms with Crippen LogP contribution >= 0.6 is 27.7 Å². The predicted molar refractivity (Wildman–Crippen MR) is 76.0 cm³/mol. The van der Waals surface area contributed by atoms with Gasteiger partial charge in [-0.25, -0.2) is 0 Å². The van der Waals surface area contributed by atoms with Gasteiger partial charge in [-0.05, 0) is 35.9 Å². The molecular weight excluding hydrogens is 371 g/mol. The highest BCUT2D eigenvalue weighted by Crippen LogP contribution is 2.40. The lowest BCUT2D eigenvalue weighted by molar-refractivity contribution is -0.142. The van der Waals surface area contributed by atoms with E-state index in [9.17, 15) is 18.0 Å². The lowest BCUT2D eigenvalue weighted by Crippen LogP contribution is -2.10. The Morgan fingerprint density at radius 3 is 2.57 bits per heavy atom. The number of ether oxygens (including phenoxy) is 1. The number of benzene rings is 1. The molecule has 0 N–H and O–H groups in total. The summed E-state index contributed by atoms with van der Waals surface area (Å²) in [5.74, 6) is -0.605. The van der Waals surface area contributed by atoms with E-state index >= 15 is 0 Å². The van der Waals surface area contributed by atoms with Gasteiger partial charge in [0.2, 0.25) is 0 Å². The Balaban J connectivity index is 3.23. The van der Waals surface area contributed by atoms with Crippen molar-refractivity contribution in [3.05, 3.63) is 28.8 Å². The molecule has 0 saturated heterocycles. The summed E-state index contributed by atoms with van der Waals surface area (Å²) in [5, 5.41) is 9.28. The van der Waals surface area contributed by atoms with Gasteiger partial charge in [-0.15, -0.1) is 0 Å². The molecule has 0 fully saturated rings. The van der Waals surface area contributed by atoms with E-state index in [4.69, 9.17) is 10.00 Å². The van der Waals surface area contributed by atoms with Crippen molar-refractivity contribution < 1.29 is 22.7 Å². The van der Waals surface area contributed by atoms with E-state index in [0.29, 0.717) is 10.9 Å². The van der Waals surface area contributed by atoms with Crippen LogP contribution in [0.25, 0.3) is 0 Å². The minimum atomic E-state index is -4.49. The summed E-state index contributed by atoms with van der Waals surface area (Å²) >= 11 is 2.83. The lowest BCUT2D eigenvalue weighted by atomic mass is 10.0. The largest absolute Gasteiger partial charge is 0.466 e. The van der Waals surface area contributed by atoms with Gasteiger partial charge in [-0.3, -0.25) is 4.79 Å². The fourth-order valence-electron chi connectivity index (χ4n) is 1.62. The van der Waals surface area contributed by atoms with E-state index in [1.807, 2.05) is 6.07 Å². The lowest BCUT2D eigenvalue weighted by Gasteiger charge is -2.13. The second-order valence-electron chi connectivity index (χ2n) is 3.89. The third-order valence-corrected chi connectivity index (χ3v) is 3.85. The van der Waals surface area contributed by atoms with Crippen LogP contribution in [0.2, 0.25) is 0 Å². The monoisotopic (exact) mass is 381 g/mol. The highest BCUT2D eigenvalue weighted by molar-refractivity contribution is 9.08. The molecular formula is C13H11BrF3NO2S. The Morgan fingerprint density at radius 1 is 1.43 bits per heavy atom. The molecule has 0 amide bonds. The van der Waals surface area contributed by atoms with Gasteiger partial charge in [0.1, 0.15) is 0 Å². The molecule has 114 valence electrons. The number of thioether (sulfide) groups is 1. The Labute approximate surface area is 132 Å². The van der Waals surface area contributed by atoms with E-state index < -0.39 is 11.5 Å². The first-order valence-electron chi connectivity index (χ1n) is 5.84. The fourth-order valence-corrected chi connectivity index (χ4v) is 2.77. The van der Waals surface area contributed by atoms with E-state index in [0.717, 1.165) is 6.07 Å². The van der Waals surface area contributed by atoms with E-state index in [1.54, 1.807) is 6.92 Å². The van der Waals surface area contributed by atoms with Crippen LogP contribution < -0.4 is 0 Å². The highest BCUT2D eigenvalue weighted by atomic mass is 79.9. The summed E-state index contributed by atoms with van der Waals surface area (Å²) in [6, 6.07) is 4.44. The molecule has 0 heterocycles. The third-order valence-electron chi connectivity index (χ3n) is 2.42. The second-order valence-corrected chi connectivity index (χ2v) is 5.56. The molecule has 1 aromatic carbocycles. The second kappa shape index (κ2) is 7.71. The van der Waals surface area contributed by atoms with Crippen LogP contribution in [-0.2, 0) is 21.3 Å². The van der Waals surface area contributed by atoms with Gasteiger partial charge in [0.15, 0.2) is 0 Å². The van der Waals surface area contributed by atoms with Gasteiger partial charge < -0.3 is 4.74 Å². The van der Waals surface area contributed by atoms with E-state index in [1.165, 1.54) is 6.07 Å². The molecule has 21 heavy (non-hydrogen) atoms. The van der Waals surface area contributed by atoms with Gasteiger partial charge in [0, 0.05) is 10.2 Å². The first-order chi connectivity index (χ1) is 9.80. The van der Waals surface area contributed by atoms with Crippen LogP contribution in [0.5, 0.6) is 0 Å². The zero-order chi connectivity index (χ0) is 16.0. The topological polar surface area (TPSA) is 50.1 Å². The van der Waals surface area contributed by atoms with E-state index in [2.05, 4.69) is 15.9 Å². The summed E-state index contributed by atoms with van der Waals surface area (Å²) in [7, 11) is 0. The van der Waals surface area contributed by atoms with Crippen LogP contribution in [0.4, 0.5) is 13.2 Å². The first-order valence-corrected chi connectivity index (χ1v) is 7.77. The van der Waals surface area contributed by atoms with Crippen molar-refractivity contribution in [2.75, 3.05) is 6.61 Å². The van der Waals surface area contributed by atoms with Gasteiger partial charge in [-0.1, -0.05) is 22.0 Å². The summed E-state index contributed by atoms with van der Waals surface area (Å²) in [5.41, 5.74) is -3.62. The minimum Gasteiger partial charge on any atom is -0.466 e. The SMILES string of the molecule is CCOC(=O)Cc1cc(CBr)c(C#N)cc1SC(F)(F)F. The molecule has 0 saturated carbocycles. The number of carbonyl (C=O) groups is 1. The van der Waals surface area contributed by atoms with Gasteiger partial charge in [0.05, 0.1) is 24.7 Å². The predicted octanol–water partition coefficient (Wildman–Crippen LogP) is 4.17. The molecule has 0 bridgehead atoms. The molecule has 0 aliphatic heterocycles. The molecule has 0 spiro atoms. The number of rotatable bonds is 5. The molecule has 0 unspecified atom stereocenters. The van der Waals surface area contributed by atoms with Crippen molar-refractivity contribution >= 4 is 33.7 Å². The fraction of sp³-hybridized carbons (Fsp3) is 0.385. The molecule has 0 atom stereocenters. The molecule has 0 aliphatic rings. The Kier molecular flexibility index (Phi) is 6.55.